The smallest absolute Gasteiger partial charge is 0.111 e. The number of imidazole rings is 1. The monoisotopic (exact) mass is 274 g/mol. The lowest BCUT2D eigenvalue weighted by Crippen LogP contribution is -2.42. The van der Waals surface area contributed by atoms with Crippen LogP contribution in [0, 0.1) is 11.3 Å². The van der Waals surface area contributed by atoms with E-state index < -0.39 is 0 Å². The maximum absolute atomic E-state index is 9.33. The van der Waals surface area contributed by atoms with E-state index in [9.17, 15) is 5.26 Å². The molecule has 0 aromatic carbocycles. The van der Waals surface area contributed by atoms with Gasteiger partial charge < -0.3 is 4.57 Å². The Hall–Kier alpha value is -1.34. The van der Waals surface area contributed by atoms with Gasteiger partial charge >= 0.3 is 0 Å². The van der Waals surface area contributed by atoms with E-state index in [2.05, 4.69) is 41.0 Å². The molecule has 1 aromatic heterocycles. The lowest BCUT2D eigenvalue weighted by molar-refractivity contribution is 0.391. The van der Waals surface area contributed by atoms with Crippen LogP contribution in [0.4, 0.5) is 0 Å². The Labute approximate surface area is 122 Å². The summed E-state index contributed by atoms with van der Waals surface area (Å²) < 4.78 is 2.24. The molecular weight excluding hydrogens is 248 g/mol. The fourth-order valence-corrected chi connectivity index (χ4v) is 2.61. The van der Waals surface area contributed by atoms with Crippen molar-refractivity contribution in [1.29, 1.82) is 5.26 Å². The van der Waals surface area contributed by atoms with Crippen molar-refractivity contribution in [3.05, 3.63) is 18.2 Å². The summed E-state index contributed by atoms with van der Waals surface area (Å²) in [6, 6.07) is 3.03. The third-order valence-corrected chi connectivity index (χ3v) is 3.94. The Morgan fingerprint density at radius 1 is 1.50 bits per heavy atom. The molecule has 1 heterocycles. The van der Waals surface area contributed by atoms with Crippen LogP contribution in [-0.4, -0.2) is 21.1 Å². The topological polar surface area (TPSA) is 53.6 Å². The van der Waals surface area contributed by atoms with Crippen LogP contribution < -0.4 is 5.32 Å². The van der Waals surface area contributed by atoms with Crippen molar-refractivity contribution in [1.82, 2.24) is 14.9 Å². The highest BCUT2D eigenvalue weighted by Gasteiger charge is 2.31. The van der Waals surface area contributed by atoms with E-state index in [-0.39, 0.29) is 5.54 Å². The van der Waals surface area contributed by atoms with Crippen LogP contribution in [0.5, 0.6) is 0 Å². The predicted molar refractivity (Wildman–Crippen MR) is 80.3 cm³/mol. The quantitative estimate of drug-likeness (QED) is 0.741. The molecule has 1 aromatic rings. The maximum atomic E-state index is 9.33. The van der Waals surface area contributed by atoms with Gasteiger partial charge in [0.25, 0.3) is 0 Å². The van der Waals surface area contributed by atoms with Gasteiger partial charge in [-0.05, 0) is 39.0 Å². The fourth-order valence-electron chi connectivity index (χ4n) is 2.61. The number of unbranched alkanes of at least 4 members (excludes halogenated alkanes) is 1. The molecule has 0 radical (unpaired) electrons. The first-order valence-electron chi connectivity index (χ1n) is 7.74. The van der Waals surface area contributed by atoms with E-state index >= 15 is 0 Å². The normalized spacial score (nSPS) is 17.9. The Bertz CT molecular complexity index is 467. The Kier molecular flexibility index (Phi) is 4.82. The molecule has 1 aliphatic rings. The van der Waals surface area contributed by atoms with Crippen LogP contribution in [0.3, 0.4) is 0 Å². The van der Waals surface area contributed by atoms with Crippen LogP contribution in [0.15, 0.2) is 12.4 Å². The summed E-state index contributed by atoms with van der Waals surface area (Å²) in [6.45, 7) is 7.37. The van der Waals surface area contributed by atoms with Gasteiger partial charge in [-0.2, -0.15) is 5.26 Å². The van der Waals surface area contributed by atoms with Gasteiger partial charge in [-0.25, -0.2) is 4.98 Å². The van der Waals surface area contributed by atoms with Gasteiger partial charge in [0.2, 0.25) is 0 Å². The molecule has 1 atom stereocenters. The summed E-state index contributed by atoms with van der Waals surface area (Å²) in [5.74, 6) is 1.62. The van der Waals surface area contributed by atoms with Gasteiger partial charge in [-0.15, -0.1) is 0 Å². The van der Waals surface area contributed by atoms with Gasteiger partial charge in [0.15, 0.2) is 0 Å². The third-order valence-electron chi connectivity index (χ3n) is 3.94. The van der Waals surface area contributed by atoms with Crippen LogP contribution in [0.25, 0.3) is 0 Å². The summed E-state index contributed by atoms with van der Waals surface area (Å²) in [7, 11) is 0. The highest BCUT2D eigenvalue weighted by atomic mass is 15.1. The average molecular weight is 274 g/mol. The summed E-state index contributed by atoms with van der Waals surface area (Å²) >= 11 is 0. The van der Waals surface area contributed by atoms with Crippen LogP contribution in [0.1, 0.15) is 64.6 Å². The van der Waals surface area contributed by atoms with Crippen molar-refractivity contribution < 1.29 is 0 Å². The molecule has 0 amide bonds. The standard InChI is InChI=1S/C16H26N4/c1-13(2)15-18-9-11-20(15)10-5-4-8-16(3,12-17)19-14-6-7-14/h9,11,13-14,19H,4-8,10H2,1-3H3. The van der Waals surface area contributed by atoms with Crippen molar-refractivity contribution in [3.63, 3.8) is 0 Å². The number of hydrogen-bond acceptors (Lipinski definition) is 3. The van der Waals surface area contributed by atoms with Crippen molar-refractivity contribution in [2.45, 2.75) is 76.9 Å². The number of rotatable bonds is 8. The Morgan fingerprint density at radius 3 is 2.85 bits per heavy atom. The van der Waals surface area contributed by atoms with E-state index in [1.807, 2.05) is 13.1 Å². The van der Waals surface area contributed by atoms with Crippen LogP contribution in [-0.2, 0) is 6.54 Å². The molecule has 20 heavy (non-hydrogen) atoms. The second kappa shape index (κ2) is 6.41. The largest absolute Gasteiger partial charge is 0.335 e. The van der Waals surface area contributed by atoms with Gasteiger partial charge in [-0.1, -0.05) is 13.8 Å². The minimum Gasteiger partial charge on any atom is -0.335 e. The molecule has 1 N–H and O–H groups in total. The lowest BCUT2D eigenvalue weighted by atomic mass is 9.96. The number of nitrogens with one attached hydrogen (secondary N) is 1. The summed E-state index contributed by atoms with van der Waals surface area (Å²) in [5.41, 5.74) is -0.350. The molecule has 0 spiro atoms. The number of nitriles is 1. The van der Waals surface area contributed by atoms with Crippen molar-refractivity contribution in [3.8, 4) is 6.07 Å². The van der Waals surface area contributed by atoms with Crippen LogP contribution >= 0.6 is 0 Å². The first-order chi connectivity index (χ1) is 9.54. The number of aryl methyl sites for hydroxylation is 1. The van der Waals surface area contributed by atoms with E-state index in [1.165, 1.54) is 12.8 Å². The zero-order valence-electron chi connectivity index (χ0n) is 12.9. The molecule has 4 nitrogen and oxygen atoms in total. The first-order valence-corrected chi connectivity index (χ1v) is 7.74. The molecule has 4 heteroatoms. The van der Waals surface area contributed by atoms with Crippen molar-refractivity contribution in [2.75, 3.05) is 0 Å². The Morgan fingerprint density at radius 2 is 2.25 bits per heavy atom. The molecule has 1 saturated carbocycles. The second-order valence-corrected chi connectivity index (χ2v) is 6.45. The fraction of sp³-hybridized carbons (Fsp3) is 0.750. The van der Waals surface area contributed by atoms with Gasteiger partial charge in [0.1, 0.15) is 11.4 Å². The Balaban J connectivity index is 1.75. The maximum Gasteiger partial charge on any atom is 0.111 e. The minimum atomic E-state index is -0.350. The molecule has 1 aliphatic carbocycles. The summed E-state index contributed by atoms with van der Waals surface area (Å²) in [5, 5.41) is 12.8. The first kappa shape index (κ1) is 15.1. The average Bonchev–Trinajstić information content (AvgIpc) is 3.08. The minimum absolute atomic E-state index is 0.350. The van der Waals surface area contributed by atoms with E-state index in [4.69, 9.17) is 0 Å². The van der Waals surface area contributed by atoms with Gasteiger partial charge in [-0.3, -0.25) is 5.32 Å². The van der Waals surface area contributed by atoms with Crippen molar-refractivity contribution in [2.24, 2.45) is 0 Å². The van der Waals surface area contributed by atoms with Crippen LogP contribution in [0.2, 0.25) is 0 Å². The predicted octanol–water partition coefficient (Wildman–Crippen LogP) is 3.21. The molecule has 2 rings (SSSR count). The van der Waals surface area contributed by atoms with E-state index in [0.717, 1.165) is 31.6 Å². The molecule has 0 saturated heterocycles. The highest BCUT2D eigenvalue weighted by Crippen LogP contribution is 2.25. The van der Waals surface area contributed by atoms with E-state index in [0.29, 0.717) is 12.0 Å². The van der Waals surface area contributed by atoms with E-state index in [1.54, 1.807) is 0 Å². The third kappa shape index (κ3) is 4.08. The van der Waals surface area contributed by atoms with Crippen molar-refractivity contribution >= 4 is 0 Å². The zero-order chi connectivity index (χ0) is 14.6. The lowest BCUT2D eigenvalue weighted by Gasteiger charge is -2.23. The van der Waals surface area contributed by atoms with Gasteiger partial charge in [0.05, 0.1) is 6.07 Å². The zero-order valence-corrected chi connectivity index (χ0v) is 12.9. The summed E-state index contributed by atoms with van der Waals surface area (Å²) in [6.07, 6.45) is 9.48. The molecule has 0 aliphatic heterocycles. The molecule has 1 fully saturated rings. The molecular formula is C16H26N4. The second-order valence-electron chi connectivity index (χ2n) is 6.45. The molecule has 1 unspecified atom stereocenters. The van der Waals surface area contributed by atoms with Gasteiger partial charge in [0, 0.05) is 30.9 Å². The number of nitrogens with zero attached hydrogens (tertiary/aromatic N) is 3. The number of hydrogen-bond donors (Lipinski definition) is 1. The molecule has 110 valence electrons. The number of aromatic nitrogens is 2. The molecule has 0 bridgehead atoms. The highest BCUT2D eigenvalue weighted by molar-refractivity contribution is 5.07. The SMILES string of the molecule is CC(C)c1nccn1CCCCC(C)(C#N)NC1CC1. The summed E-state index contributed by atoms with van der Waals surface area (Å²) in [4.78, 5) is 4.41.